The third kappa shape index (κ3) is 8.67. The number of hydrogen-bond donors (Lipinski definition) is 1. The van der Waals surface area contributed by atoms with Crippen molar-refractivity contribution in [2.45, 2.75) is 101 Å². The molecule has 0 aliphatic carbocycles. The molecule has 3 aromatic carbocycles. The molecular formula is C49H54F3N6O7P. The predicted molar refractivity (Wildman–Crippen MR) is 245 cm³/mol. The van der Waals surface area contributed by atoms with E-state index in [2.05, 4.69) is 27.7 Å². The summed E-state index contributed by atoms with van der Waals surface area (Å²) in [6, 6.07) is 10.9. The fraction of sp³-hybridized carbons (Fsp3) is 0.469. The van der Waals surface area contributed by atoms with E-state index in [9.17, 15) is 14.3 Å². The summed E-state index contributed by atoms with van der Waals surface area (Å²) in [5.74, 6) is 0.355. The minimum atomic E-state index is -4.13. The van der Waals surface area contributed by atoms with Crippen molar-refractivity contribution >= 4 is 41.2 Å². The molecule has 4 aliphatic rings. The topological polar surface area (TPSA) is 140 Å². The number of hydrogen-bond acceptors (Lipinski definition) is 12. The number of ether oxygens (including phenoxy) is 2. The lowest BCUT2D eigenvalue weighted by molar-refractivity contribution is 0.0598. The Hall–Kier alpha value is -5.46. The zero-order chi connectivity index (χ0) is 46.2. The third-order valence-electron chi connectivity index (χ3n) is 13.6. The van der Waals surface area contributed by atoms with Gasteiger partial charge in [0.05, 0.1) is 30.2 Å². The number of phenolic OH excluding ortho intramolecular Hbond substituents is 1. The number of carbonyl (C=O) groups excluding carboxylic acids is 1. The first-order valence-electron chi connectivity index (χ1n) is 22.9. The van der Waals surface area contributed by atoms with Gasteiger partial charge in [0.15, 0.2) is 5.82 Å². The maximum Gasteiger partial charge on any atom is 0.462 e. The van der Waals surface area contributed by atoms with Crippen molar-refractivity contribution in [1.82, 2.24) is 24.5 Å². The number of unbranched alkanes of at least 4 members (excludes halogenated alkanes) is 5. The monoisotopic (exact) mass is 926 g/mol. The van der Waals surface area contributed by atoms with Crippen molar-refractivity contribution in [3.05, 3.63) is 77.5 Å². The van der Waals surface area contributed by atoms with E-state index >= 15 is 13.3 Å². The maximum atomic E-state index is 17.4. The number of anilines is 1. The molecule has 17 heteroatoms. The van der Waals surface area contributed by atoms with E-state index in [1.165, 1.54) is 37.6 Å². The number of rotatable bonds is 17. The van der Waals surface area contributed by atoms with E-state index in [1.54, 1.807) is 24.3 Å². The minimum absolute atomic E-state index is 0.0667. The smallest absolute Gasteiger partial charge is 0.462 e. The van der Waals surface area contributed by atoms with E-state index < -0.39 is 49.1 Å². The summed E-state index contributed by atoms with van der Waals surface area (Å²) in [6.07, 6.45) is 15.3. The number of alkyl halides is 1. The number of methoxy groups -OCH3 is 1. The molecule has 0 radical (unpaired) electrons. The molecule has 0 amide bonds. The Bertz CT molecular complexity index is 2730. The maximum absolute atomic E-state index is 17.4. The number of aromatic hydroxyl groups is 1. The number of para-hydroxylation sites is 1. The average Bonchev–Trinajstić information content (AvgIpc) is 3.94. The Balaban J connectivity index is 1.09. The summed E-state index contributed by atoms with van der Waals surface area (Å²) in [6.45, 7) is 4.01. The summed E-state index contributed by atoms with van der Waals surface area (Å²) in [7, 11) is -2.86. The molecule has 2 bridgehead atoms. The summed E-state index contributed by atoms with van der Waals surface area (Å²) < 4.78 is 88.6. The largest absolute Gasteiger partial charge is 0.508 e. The standard InChI is InChI=1S/C49H54F3N6O7P/c1-4-6-7-8-9-12-22-64-66(61,65-41-15-11-10-14-37(41)47(60)62-3)58-33-17-18-34(58)29-56(28-33)46-39-26-53-44(38-24-35(59)23-31-16-19-40(51)36(5-2)42(31)38)43(52)45(39)54-48(55-46)63-30-49-20-13-21-57(49)27-32(50)25-49/h2,10-11,14-16,19,23-24,26,32-34,59H,4,6-9,12-13,17-18,20-22,25,27-30H2,1,3H3/t32-,33?,34?,49+,66?/m1/s1. The Morgan fingerprint density at radius 2 is 1.80 bits per heavy atom. The number of carbonyl (C=O) groups is 1. The van der Waals surface area contributed by atoms with Crippen LogP contribution in [0.25, 0.3) is 32.9 Å². The lowest BCUT2D eigenvalue weighted by atomic mass is 9.95. The number of piperazine rings is 1. The van der Waals surface area contributed by atoms with Crippen LogP contribution < -0.4 is 14.2 Å². The summed E-state index contributed by atoms with van der Waals surface area (Å²) in [5.41, 5.74) is -0.853. The van der Waals surface area contributed by atoms with Gasteiger partial charge < -0.3 is 24.0 Å². The second kappa shape index (κ2) is 19.0. The zero-order valence-corrected chi connectivity index (χ0v) is 38.1. The van der Waals surface area contributed by atoms with Gasteiger partial charge in [-0.1, -0.05) is 63.1 Å². The van der Waals surface area contributed by atoms with E-state index in [-0.39, 0.29) is 82.5 Å². The van der Waals surface area contributed by atoms with E-state index in [1.807, 2.05) is 9.57 Å². The van der Waals surface area contributed by atoms with Gasteiger partial charge in [0, 0.05) is 55.3 Å². The zero-order valence-electron chi connectivity index (χ0n) is 37.2. The van der Waals surface area contributed by atoms with Crippen LogP contribution in [0.5, 0.6) is 17.5 Å². The highest BCUT2D eigenvalue weighted by Crippen LogP contribution is 2.59. The molecule has 13 nitrogen and oxygen atoms in total. The molecule has 2 aromatic heterocycles. The second-order valence-electron chi connectivity index (χ2n) is 17.9. The molecule has 5 aromatic rings. The van der Waals surface area contributed by atoms with Crippen molar-refractivity contribution in [1.29, 1.82) is 0 Å². The van der Waals surface area contributed by atoms with Crippen molar-refractivity contribution in [3.63, 3.8) is 0 Å². The van der Waals surface area contributed by atoms with E-state index in [4.69, 9.17) is 29.9 Å². The number of phenols is 1. The highest BCUT2D eigenvalue weighted by atomic mass is 31.2. The van der Waals surface area contributed by atoms with Crippen LogP contribution in [0, 0.1) is 24.0 Å². The molecule has 4 aliphatic heterocycles. The van der Waals surface area contributed by atoms with Gasteiger partial charge in [-0.05, 0) is 74.4 Å². The number of benzene rings is 3. The predicted octanol–water partition coefficient (Wildman–Crippen LogP) is 9.77. The number of aromatic nitrogens is 3. The van der Waals surface area contributed by atoms with Crippen LogP contribution in [0.4, 0.5) is 19.0 Å². The molecule has 9 rings (SSSR count). The lowest BCUT2D eigenvalue weighted by Gasteiger charge is -2.43. The Morgan fingerprint density at radius 3 is 2.58 bits per heavy atom. The van der Waals surface area contributed by atoms with Gasteiger partial charge in [0.2, 0.25) is 0 Å². The van der Waals surface area contributed by atoms with Crippen LogP contribution in [0.2, 0.25) is 0 Å². The first kappa shape index (κ1) is 45.7. The van der Waals surface area contributed by atoms with E-state index in [0.717, 1.165) is 51.5 Å². The molecule has 4 saturated heterocycles. The summed E-state index contributed by atoms with van der Waals surface area (Å²) in [5, 5.41) is 11.6. The van der Waals surface area contributed by atoms with Crippen LogP contribution in [0.15, 0.2) is 54.7 Å². The SMILES string of the molecule is C#Cc1c(F)ccc2cc(O)cc(-c3ncc4c(N5CC6CCC(C5)N6P(=O)(OCCCCCCCC)Oc5ccccc5C(=O)OC)nc(OC[C@@]56CCCN5C[C@H](F)C6)nc4c3F)c12. The summed E-state index contributed by atoms with van der Waals surface area (Å²) >= 11 is 0. The van der Waals surface area contributed by atoms with E-state index in [0.29, 0.717) is 43.4 Å². The molecule has 0 saturated carbocycles. The first-order chi connectivity index (χ1) is 32.0. The van der Waals surface area contributed by atoms with Gasteiger partial charge in [0.25, 0.3) is 0 Å². The second-order valence-corrected chi connectivity index (χ2v) is 19.7. The highest BCUT2D eigenvalue weighted by Gasteiger charge is 2.53. The van der Waals surface area contributed by atoms with Gasteiger partial charge in [0.1, 0.15) is 52.7 Å². The number of nitrogens with zero attached hydrogens (tertiary/aromatic N) is 6. The minimum Gasteiger partial charge on any atom is -0.508 e. The van der Waals surface area contributed by atoms with Crippen molar-refractivity contribution in [2.24, 2.45) is 0 Å². The molecule has 0 spiro atoms. The van der Waals surface area contributed by atoms with Gasteiger partial charge >= 0.3 is 19.7 Å². The quantitative estimate of drug-likeness (QED) is 0.0410. The number of pyridine rings is 1. The normalized spacial score (nSPS) is 22.7. The highest BCUT2D eigenvalue weighted by molar-refractivity contribution is 7.51. The number of esters is 1. The van der Waals surface area contributed by atoms with Gasteiger partial charge in [-0.3, -0.25) is 14.4 Å². The number of terminal acetylenes is 1. The molecule has 66 heavy (non-hydrogen) atoms. The molecule has 5 atom stereocenters. The van der Waals surface area contributed by atoms with Crippen LogP contribution in [-0.4, -0.2) is 106 Å². The van der Waals surface area contributed by atoms with Crippen LogP contribution in [0.3, 0.4) is 0 Å². The average molecular weight is 927 g/mol. The number of fused-ring (bicyclic) bond motifs is 5. The van der Waals surface area contributed by atoms with Gasteiger partial charge in [-0.2, -0.15) is 14.6 Å². The number of halogens is 3. The van der Waals surface area contributed by atoms with Crippen molar-refractivity contribution in [2.75, 3.05) is 51.4 Å². The fourth-order valence-electron chi connectivity index (χ4n) is 10.5. The molecule has 1 N–H and O–H groups in total. The van der Waals surface area contributed by atoms with Crippen molar-refractivity contribution < 1.29 is 46.2 Å². The summed E-state index contributed by atoms with van der Waals surface area (Å²) in [4.78, 5) is 31.0. The molecule has 4 fully saturated rings. The Morgan fingerprint density at radius 1 is 1.03 bits per heavy atom. The van der Waals surface area contributed by atoms with Crippen molar-refractivity contribution in [3.8, 4) is 41.1 Å². The molecule has 6 heterocycles. The van der Waals surface area contributed by atoms with Gasteiger partial charge in [-0.15, -0.1) is 6.42 Å². The molecule has 3 unspecified atom stereocenters. The first-order valence-corrected chi connectivity index (χ1v) is 24.4. The fourth-order valence-corrected chi connectivity index (χ4v) is 12.7. The molecule has 348 valence electrons. The lowest BCUT2D eigenvalue weighted by Crippen LogP contribution is -2.53. The van der Waals surface area contributed by atoms with Crippen LogP contribution in [-0.2, 0) is 13.8 Å². The Kier molecular flexibility index (Phi) is 13.2. The van der Waals surface area contributed by atoms with Crippen LogP contribution in [0.1, 0.15) is 93.5 Å². The van der Waals surface area contributed by atoms with Crippen LogP contribution >= 0.6 is 7.75 Å². The van der Waals surface area contributed by atoms with Gasteiger partial charge in [-0.25, -0.2) is 22.5 Å². The molecular weight excluding hydrogens is 873 g/mol. The Labute approximate surface area is 382 Å². The third-order valence-corrected chi connectivity index (χ3v) is 15.8.